The summed E-state index contributed by atoms with van der Waals surface area (Å²) in [5, 5.41) is 8.55. The summed E-state index contributed by atoms with van der Waals surface area (Å²) in [6, 6.07) is 24.6. The number of aryl methyl sites for hydroxylation is 1. The molecule has 0 radical (unpaired) electrons. The zero-order valence-electron chi connectivity index (χ0n) is 18.3. The van der Waals surface area contributed by atoms with Gasteiger partial charge in [-0.1, -0.05) is 54.9 Å². The maximum absolute atomic E-state index is 12.5. The minimum atomic E-state index is -0.264. The number of hydrogen-bond donors (Lipinski definition) is 2. The number of anilines is 1. The zero-order valence-corrected chi connectivity index (χ0v) is 19.8. The average Bonchev–Trinajstić information content (AvgIpc) is 3.27. The van der Waals surface area contributed by atoms with Gasteiger partial charge in [0, 0.05) is 27.2 Å². The van der Waals surface area contributed by atoms with E-state index in [9.17, 15) is 4.79 Å². The molecule has 7 heteroatoms. The average molecular weight is 486 g/mol. The van der Waals surface area contributed by atoms with Gasteiger partial charge in [-0.3, -0.25) is 10.1 Å². The van der Waals surface area contributed by atoms with Crippen molar-refractivity contribution in [2.45, 2.75) is 13.3 Å². The van der Waals surface area contributed by atoms with E-state index in [1.165, 1.54) is 5.56 Å². The van der Waals surface area contributed by atoms with E-state index in [-0.39, 0.29) is 11.0 Å². The SMILES string of the molecule is CCc1ccc(C(=O)NC(=S)Nc2ccc3oc(-c4cccc5c(Cl)cccc45)nc3c2)cc1. The molecule has 0 aliphatic heterocycles. The van der Waals surface area contributed by atoms with E-state index >= 15 is 0 Å². The van der Waals surface area contributed by atoms with Gasteiger partial charge in [0.25, 0.3) is 5.91 Å². The van der Waals surface area contributed by atoms with Crippen molar-refractivity contribution < 1.29 is 9.21 Å². The van der Waals surface area contributed by atoms with Gasteiger partial charge in [-0.05, 0) is 72.1 Å². The van der Waals surface area contributed by atoms with E-state index in [2.05, 4.69) is 22.5 Å². The van der Waals surface area contributed by atoms with Crippen LogP contribution in [0.2, 0.25) is 5.02 Å². The standard InChI is InChI=1S/C27H20ClN3O2S/c1-2-16-9-11-17(12-10-16)25(32)31-27(34)29-18-13-14-24-23(15-18)30-26(33-24)21-7-3-6-20-19(21)5-4-8-22(20)28/h3-15H,2H2,1H3,(H2,29,31,32,34). The van der Waals surface area contributed by atoms with E-state index < -0.39 is 0 Å². The zero-order chi connectivity index (χ0) is 23.7. The van der Waals surface area contributed by atoms with Gasteiger partial charge < -0.3 is 9.73 Å². The molecule has 34 heavy (non-hydrogen) atoms. The lowest BCUT2D eigenvalue weighted by Gasteiger charge is -2.09. The molecule has 1 aromatic heterocycles. The summed E-state index contributed by atoms with van der Waals surface area (Å²) in [6.45, 7) is 2.07. The number of rotatable bonds is 4. The molecule has 4 aromatic carbocycles. The van der Waals surface area contributed by atoms with E-state index in [1.807, 2.05) is 66.7 Å². The number of aromatic nitrogens is 1. The Kier molecular flexibility index (Phi) is 6.01. The highest BCUT2D eigenvalue weighted by atomic mass is 35.5. The Hall–Kier alpha value is -3.74. The second kappa shape index (κ2) is 9.25. The molecule has 5 rings (SSSR count). The van der Waals surface area contributed by atoms with Gasteiger partial charge in [0.1, 0.15) is 5.52 Å². The molecule has 0 atom stereocenters. The van der Waals surface area contributed by atoms with Crippen molar-refractivity contribution in [3.05, 3.63) is 95.0 Å². The minimum absolute atomic E-state index is 0.205. The van der Waals surface area contributed by atoms with Gasteiger partial charge in [-0.2, -0.15) is 0 Å². The predicted octanol–water partition coefficient (Wildman–Crippen LogP) is 6.99. The van der Waals surface area contributed by atoms with Crippen molar-refractivity contribution in [1.82, 2.24) is 10.3 Å². The Morgan fingerprint density at radius 2 is 1.76 bits per heavy atom. The lowest BCUT2D eigenvalue weighted by atomic mass is 10.0. The molecule has 0 saturated carbocycles. The summed E-state index contributed by atoms with van der Waals surface area (Å²) in [6.07, 6.45) is 0.919. The molecule has 1 amide bonds. The monoisotopic (exact) mass is 485 g/mol. The van der Waals surface area contributed by atoms with E-state index in [4.69, 9.17) is 28.2 Å². The number of benzene rings is 4. The van der Waals surface area contributed by atoms with Gasteiger partial charge in [-0.15, -0.1) is 0 Å². The van der Waals surface area contributed by atoms with Crippen molar-refractivity contribution in [1.29, 1.82) is 0 Å². The van der Waals surface area contributed by atoms with Gasteiger partial charge in [0.05, 0.1) is 0 Å². The summed E-state index contributed by atoms with van der Waals surface area (Å²) in [4.78, 5) is 17.1. The molecule has 0 saturated heterocycles. The number of nitrogens with one attached hydrogen (secondary N) is 2. The smallest absolute Gasteiger partial charge is 0.257 e. The van der Waals surface area contributed by atoms with Gasteiger partial charge in [0.2, 0.25) is 5.89 Å². The molecule has 0 spiro atoms. The van der Waals surface area contributed by atoms with Crippen LogP contribution in [0.1, 0.15) is 22.8 Å². The second-order valence-corrected chi connectivity index (χ2v) is 8.62. The van der Waals surface area contributed by atoms with Crippen LogP contribution in [0.5, 0.6) is 0 Å². The highest BCUT2D eigenvalue weighted by Crippen LogP contribution is 2.33. The lowest BCUT2D eigenvalue weighted by Crippen LogP contribution is -2.34. The molecule has 0 fully saturated rings. The molecule has 0 bridgehead atoms. The Labute approximate surface area is 206 Å². The number of thiocarbonyl (C=S) groups is 1. The molecular formula is C27H20ClN3O2S. The first-order valence-electron chi connectivity index (χ1n) is 10.8. The van der Waals surface area contributed by atoms with Crippen molar-refractivity contribution in [3.63, 3.8) is 0 Å². The largest absolute Gasteiger partial charge is 0.436 e. The van der Waals surface area contributed by atoms with Crippen LogP contribution in [-0.2, 0) is 6.42 Å². The lowest BCUT2D eigenvalue weighted by molar-refractivity contribution is 0.0977. The van der Waals surface area contributed by atoms with Crippen LogP contribution in [0.3, 0.4) is 0 Å². The first-order valence-corrected chi connectivity index (χ1v) is 11.6. The van der Waals surface area contributed by atoms with Crippen molar-refractivity contribution in [2.75, 3.05) is 5.32 Å². The van der Waals surface area contributed by atoms with E-state index in [0.717, 1.165) is 22.8 Å². The molecule has 1 heterocycles. The van der Waals surface area contributed by atoms with Crippen molar-refractivity contribution in [2.24, 2.45) is 0 Å². The summed E-state index contributed by atoms with van der Waals surface area (Å²) in [7, 11) is 0. The molecule has 0 aliphatic carbocycles. The van der Waals surface area contributed by atoms with Crippen LogP contribution >= 0.6 is 23.8 Å². The second-order valence-electron chi connectivity index (χ2n) is 7.80. The molecule has 5 nitrogen and oxygen atoms in total. The van der Waals surface area contributed by atoms with Crippen LogP contribution in [0.25, 0.3) is 33.3 Å². The highest BCUT2D eigenvalue weighted by molar-refractivity contribution is 7.80. The molecule has 0 unspecified atom stereocenters. The Bertz CT molecular complexity index is 1540. The fourth-order valence-corrected chi connectivity index (χ4v) is 4.26. The summed E-state index contributed by atoms with van der Waals surface area (Å²) >= 11 is 11.7. The maximum atomic E-state index is 12.5. The van der Waals surface area contributed by atoms with Crippen LogP contribution in [0.15, 0.2) is 83.3 Å². The number of amides is 1. The van der Waals surface area contributed by atoms with Crippen molar-refractivity contribution >= 4 is 62.4 Å². The minimum Gasteiger partial charge on any atom is -0.436 e. The number of carbonyl (C=O) groups excluding carboxylic acids is 1. The summed E-state index contributed by atoms with van der Waals surface area (Å²) in [5.41, 5.74) is 4.59. The number of nitrogens with zero attached hydrogens (tertiary/aromatic N) is 1. The van der Waals surface area contributed by atoms with Gasteiger partial charge in [0.15, 0.2) is 10.7 Å². The quantitative estimate of drug-likeness (QED) is 0.268. The molecule has 5 aromatic rings. The van der Waals surface area contributed by atoms with Crippen LogP contribution < -0.4 is 10.6 Å². The van der Waals surface area contributed by atoms with E-state index in [1.54, 1.807) is 12.1 Å². The molecule has 2 N–H and O–H groups in total. The number of oxazole rings is 1. The van der Waals surface area contributed by atoms with Crippen LogP contribution in [0.4, 0.5) is 5.69 Å². The van der Waals surface area contributed by atoms with Crippen LogP contribution in [0, 0.1) is 0 Å². The molecular weight excluding hydrogens is 466 g/mol. The summed E-state index contributed by atoms with van der Waals surface area (Å²) < 4.78 is 6.02. The third-order valence-corrected chi connectivity index (χ3v) is 6.13. The van der Waals surface area contributed by atoms with E-state index in [0.29, 0.717) is 33.3 Å². The Morgan fingerprint density at radius 1 is 1.00 bits per heavy atom. The Morgan fingerprint density at radius 3 is 2.56 bits per heavy atom. The highest BCUT2D eigenvalue weighted by Gasteiger charge is 2.14. The topological polar surface area (TPSA) is 67.2 Å². The van der Waals surface area contributed by atoms with Crippen LogP contribution in [-0.4, -0.2) is 16.0 Å². The van der Waals surface area contributed by atoms with Crippen molar-refractivity contribution in [3.8, 4) is 11.5 Å². The first-order chi connectivity index (χ1) is 16.5. The Balaban J connectivity index is 1.35. The first kappa shape index (κ1) is 22.1. The molecule has 168 valence electrons. The molecule has 0 aliphatic rings. The predicted molar refractivity (Wildman–Crippen MR) is 141 cm³/mol. The fraction of sp³-hybridized carbons (Fsp3) is 0.0741. The third kappa shape index (κ3) is 4.38. The number of carbonyl (C=O) groups is 1. The normalized spacial score (nSPS) is 11.0. The third-order valence-electron chi connectivity index (χ3n) is 5.60. The number of halogens is 1. The fourth-order valence-electron chi connectivity index (χ4n) is 3.81. The number of hydrogen-bond acceptors (Lipinski definition) is 4. The maximum Gasteiger partial charge on any atom is 0.257 e. The summed E-state index contributed by atoms with van der Waals surface area (Å²) in [5.74, 6) is 0.242. The van der Waals surface area contributed by atoms with Gasteiger partial charge >= 0.3 is 0 Å². The van der Waals surface area contributed by atoms with Gasteiger partial charge in [-0.25, -0.2) is 4.98 Å². The number of fused-ring (bicyclic) bond motifs is 2.